The molecule has 0 spiro atoms. The van der Waals surface area contributed by atoms with Gasteiger partial charge < -0.3 is 9.64 Å². The third kappa shape index (κ3) is 2.39. The van der Waals surface area contributed by atoms with Crippen LogP contribution >= 0.6 is 0 Å². The molecule has 2 aromatic rings. The maximum atomic E-state index is 6.13. The first-order valence-electron chi connectivity index (χ1n) is 7.67. The second-order valence-electron chi connectivity index (χ2n) is 6.42. The van der Waals surface area contributed by atoms with E-state index in [-0.39, 0.29) is 0 Å². The van der Waals surface area contributed by atoms with Gasteiger partial charge in [0.2, 0.25) is 0 Å². The SMILES string of the molecule is CC(C)c1ccc2c(c1)Oc1ccc(C(C)C)cc1N2C. The lowest BCUT2D eigenvalue weighted by Crippen LogP contribution is -2.16. The van der Waals surface area contributed by atoms with Crippen molar-refractivity contribution in [2.75, 3.05) is 11.9 Å². The summed E-state index contributed by atoms with van der Waals surface area (Å²) in [7, 11) is 2.11. The second-order valence-corrected chi connectivity index (χ2v) is 6.42. The maximum Gasteiger partial charge on any atom is 0.151 e. The first-order chi connectivity index (χ1) is 9.97. The van der Waals surface area contributed by atoms with E-state index in [1.54, 1.807) is 0 Å². The van der Waals surface area contributed by atoms with Crippen molar-refractivity contribution in [1.29, 1.82) is 0 Å². The Morgan fingerprint density at radius 3 is 2.05 bits per heavy atom. The summed E-state index contributed by atoms with van der Waals surface area (Å²) in [5.74, 6) is 2.92. The van der Waals surface area contributed by atoms with Crippen LogP contribution in [0.5, 0.6) is 11.5 Å². The Balaban J connectivity index is 2.06. The van der Waals surface area contributed by atoms with E-state index in [0.717, 1.165) is 22.9 Å². The molecule has 0 unspecified atom stereocenters. The van der Waals surface area contributed by atoms with Crippen LogP contribution in [0.4, 0.5) is 11.4 Å². The summed E-state index contributed by atoms with van der Waals surface area (Å²) < 4.78 is 6.13. The number of rotatable bonds is 2. The lowest BCUT2D eigenvalue weighted by Gasteiger charge is -2.31. The Hall–Kier alpha value is -1.96. The average molecular weight is 281 g/mol. The van der Waals surface area contributed by atoms with E-state index in [2.05, 4.69) is 76.0 Å². The third-order valence-electron chi connectivity index (χ3n) is 4.24. The topological polar surface area (TPSA) is 12.5 Å². The van der Waals surface area contributed by atoms with E-state index >= 15 is 0 Å². The Morgan fingerprint density at radius 2 is 1.38 bits per heavy atom. The minimum atomic E-state index is 0.508. The third-order valence-corrected chi connectivity index (χ3v) is 4.24. The molecule has 0 amide bonds. The predicted octanol–water partition coefficient (Wildman–Crippen LogP) is 5.81. The van der Waals surface area contributed by atoms with E-state index in [0.29, 0.717) is 11.8 Å². The van der Waals surface area contributed by atoms with Crippen LogP contribution in [0.1, 0.15) is 50.7 Å². The highest BCUT2D eigenvalue weighted by Gasteiger charge is 2.22. The molecule has 2 aromatic carbocycles. The second kappa shape index (κ2) is 5.10. The molecule has 0 aliphatic carbocycles. The van der Waals surface area contributed by atoms with Crippen molar-refractivity contribution in [3.05, 3.63) is 47.5 Å². The molecule has 0 N–H and O–H groups in total. The van der Waals surface area contributed by atoms with E-state index < -0.39 is 0 Å². The molecule has 1 heterocycles. The fraction of sp³-hybridized carbons (Fsp3) is 0.368. The van der Waals surface area contributed by atoms with Gasteiger partial charge >= 0.3 is 0 Å². The molecular weight excluding hydrogens is 258 g/mol. The lowest BCUT2D eigenvalue weighted by molar-refractivity contribution is 0.474. The molecule has 0 bridgehead atoms. The molecule has 3 rings (SSSR count). The highest BCUT2D eigenvalue weighted by Crippen LogP contribution is 2.47. The number of fused-ring (bicyclic) bond motifs is 2. The van der Waals surface area contributed by atoms with Gasteiger partial charge in [0.15, 0.2) is 11.5 Å². The molecule has 1 aliphatic heterocycles. The number of benzene rings is 2. The Bertz CT molecular complexity index is 673. The van der Waals surface area contributed by atoms with Gasteiger partial charge in [0.25, 0.3) is 0 Å². The van der Waals surface area contributed by atoms with Crippen LogP contribution in [-0.2, 0) is 0 Å². The van der Waals surface area contributed by atoms with Gasteiger partial charge in [0.05, 0.1) is 11.4 Å². The first-order valence-corrected chi connectivity index (χ1v) is 7.67. The monoisotopic (exact) mass is 281 g/mol. The molecular formula is C19H23NO. The van der Waals surface area contributed by atoms with E-state index in [9.17, 15) is 0 Å². The zero-order valence-corrected chi connectivity index (χ0v) is 13.5. The summed E-state index contributed by atoms with van der Waals surface area (Å²) in [4.78, 5) is 2.23. The molecule has 0 fully saturated rings. The molecule has 2 heteroatoms. The van der Waals surface area contributed by atoms with E-state index in [1.807, 2.05) is 0 Å². The molecule has 0 saturated heterocycles. The van der Waals surface area contributed by atoms with Gasteiger partial charge in [-0.05, 0) is 47.2 Å². The van der Waals surface area contributed by atoms with Crippen molar-refractivity contribution >= 4 is 11.4 Å². The zero-order valence-electron chi connectivity index (χ0n) is 13.5. The largest absolute Gasteiger partial charge is 0.453 e. The number of hydrogen-bond donors (Lipinski definition) is 0. The molecule has 0 radical (unpaired) electrons. The van der Waals surface area contributed by atoms with Crippen molar-refractivity contribution in [2.24, 2.45) is 0 Å². The number of anilines is 2. The number of ether oxygens (including phenoxy) is 1. The van der Waals surface area contributed by atoms with Gasteiger partial charge in [-0.25, -0.2) is 0 Å². The van der Waals surface area contributed by atoms with Crippen LogP contribution in [-0.4, -0.2) is 7.05 Å². The first kappa shape index (κ1) is 14.0. The fourth-order valence-corrected chi connectivity index (χ4v) is 2.74. The summed E-state index contributed by atoms with van der Waals surface area (Å²) in [6.45, 7) is 8.84. The van der Waals surface area contributed by atoms with Gasteiger partial charge in [-0.3, -0.25) is 0 Å². The normalized spacial score (nSPS) is 13.2. The van der Waals surface area contributed by atoms with Crippen LogP contribution in [0.15, 0.2) is 36.4 Å². The zero-order chi connectivity index (χ0) is 15.1. The Labute approximate surface area is 127 Å². The van der Waals surface area contributed by atoms with Crippen molar-refractivity contribution in [1.82, 2.24) is 0 Å². The minimum absolute atomic E-state index is 0.508. The summed E-state index contributed by atoms with van der Waals surface area (Å²) >= 11 is 0. The van der Waals surface area contributed by atoms with E-state index in [1.165, 1.54) is 11.1 Å². The molecule has 0 saturated carbocycles. The van der Waals surface area contributed by atoms with Gasteiger partial charge in [-0.15, -0.1) is 0 Å². The summed E-state index contributed by atoms with van der Waals surface area (Å²) in [6.07, 6.45) is 0. The highest BCUT2D eigenvalue weighted by atomic mass is 16.5. The molecule has 0 atom stereocenters. The van der Waals surface area contributed by atoms with Crippen LogP contribution in [0.25, 0.3) is 0 Å². The van der Waals surface area contributed by atoms with Gasteiger partial charge in [-0.1, -0.05) is 39.8 Å². The minimum Gasteiger partial charge on any atom is -0.453 e. The predicted molar refractivity (Wildman–Crippen MR) is 89.2 cm³/mol. The van der Waals surface area contributed by atoms with E-state index in [4.69, 9.17) is 4.74 Å². The average Bonchev–Trinajstić information content (AvgIpc) is 2.46. The molecule has 0 aromatic heterocycles. The standard InChI is InChI=1S/C19H23NO/c1-12(2)14-7-9-18-17(10-14)20(5)16-8-6-15(13(3)4)11-19(16)21-18/h6-13H,1-5H3. The molecule has 2 nitrogen and oxygen atoms in total. The van der Waals surface area contributed by atoms with Crippen LogP contribution in [0, 0.1) is 0 Å². The smallest absolute Gasteiger partial charge is 0.151 e. The van der Waals surface area contributed by atoms with Crippen molar-refractivity contribution in [2.45, 2.75) is 39.5 Å². The Kier molecular flexibility index (Phi) is 3.40. The van der Waals surface area contributed by atoms with Crippen molar-refractivity contribution < 1.29 is 4.74 Å². The van der Waals surface area contributed by atoms with Gasteiger partial charge in [0, 0.05) is 7.05 Å². The molecule has 110 valence electrons. The fourth-order valence-electron chi connectivity index (χ4n) is 2.74. The molecule has 21 heavy (non-hydrogen) atoms. The quantitative estimate of drug-likeness (QED) is 0.689. The summed E-state index contributed by atoms with van der Waals surface area (Å²) in [6, 6.07) is 13.0. The highest BCUT2D eigenvalue weighted by molar-refractivity contribution is 5.78. The van der Waals surface area contributed by atoms with Crippen LogP contribution in [0.3, 0.4) is 0 Å². The van der Waals surface area contributed by atoms with Crippen LogP contribution < -0.4 is 9.64 Å². The number of nitrogens with zero attached hydrogens (tertiary/aromatic N) is 1. The van der Waals surface area contributed by atoms with Gasteiger partial charge in [-0.2, -0.15) is 0 Å². The Morgan fingerprint density at radius 1 is 0.762 bits per heavy atom. The summed E-state index contributed by atoms with van der Waals surface area (Å²) in [5, 5.41) is 0. The van der Waals surface area contributed by atoms with Crippen molar-refractivity contribution in [3.63, 3.8) is 0 Å². The lowest BCUT2D eigenvalue weighted by atomic mass is 9.99. The van der Waals surface area contributed by atoms with Crippen LogP contribution in [0.2, 0.25) is 0 Å². The number of hydrogen-bond acceptors (Lipinski definition) is 2. The van der Waals surface area contributed by atoms with Crippen molar-refractivity contribution in [3.8, 4) is 11.5 Å². The van der Waals surface area contributed by atoms with Gasteiger partial charge in [0.1, 0.15) is 0 Å². The molecule has 1 aliphatic rings. The summed E-state index contributed by atoms with van der Waals surface area (Å²) in [5.41, 5.74) is 4.93. The maximum absolute atomic E-state index is 6.13.